The maximum Gasteiger partial charge on any atom is 0.266 e. The van der Waals surface area contributed by atoms with Crippen LogP contribution in [0.2, 0.25) is 10.0 Å². The van der Waals surface area contributed by atoms with E-state index < -0.39 is 24.0 Å². The predicted molar refractivity (Wildman–Crippen MR) is 151 cm³/mol. The molecule has 0 aliphatic carbocycles. The summed E-state index contributed by atoms with van der Waals surface area (Å²) in [5, 5.41) is 4.32. The summed E-state index contributed by atoms with van der Waals surface area (Å²) in [5.74, 6) is -0.569. The van der Waals surface area contributed by atoms with Gasteiger partial charge >= 0.3 is 0 Å². The van der Waals surface area contributed by atoms with Gasteiger partial charge in [0.25, 0.3) is 5.91 Å². The summed E-state index contributed by atoms with van der Waals surface area (Å²) in [7, 11) is 0. The van der Waals surface area contributed by atoms with Crippen LogP contribution < -0.4 is 9.96 Å². The van der Waals surface area contributed by atoms with Gasteiger partial charge in [0.1, 0.15) is 23.5 Å². The summed E-state index contributed by atoms with van der Waals surface area (Å²) in [6, 6.07) is 30.7. The van der Waals surface area contributed by atoms with Crippen molar-refractivity contribution in [1.82, 2.24) is 0 Å². The third-order valence-electron chi connectivity index (χ3n) is 7.25. The van der Waals surface area contributed by atoms with E-state index in [0.29, 0.717) is 38.5 Å². The molecule has 2 aliphatic rings. The lowest BCUT2D eigenvalue weighted by atomic mass is 9.94. The van der Waals surface area contributed by atoms with Crippen molar-refractivity contribution in [2.24, 2.45) is 5.92 Å². The Morgan fingerprint density at radius 3 is 2.33 bits per heavy atom. The van der Waals surface area contributed by atoms with E-state index in [1.807, 2.05) is 66.7 Å². The summed E-state index contributed by atoms with van der Waals surface area (Å²) in [4.78, 5) is 35.4. The number of para-hydroxylation sites is 1. The van der Waals surface area contributed by atoms with Crippen LogP contribution in [0.1, 0.15) is 11.8 Å². The standard InChI is InChI=1S/C31H20Cl2N2O4/c32-19-13-14-22(23(33)17-19)25-15-16-26(38-25)28-27-29(39-35(28)20-9-2-1-3-10-20)31(37)34(30(27)36)24-12-6-8-18-7-4-5-11-21(18)24/h1-17,27-29H/t27-,28+,29+/m0/s1. The van der Waals surface area contributed by atoms with E-state index in [9.17, 15) is 9.59 Å². The number of carbonyl (C=O) groups excluding carboxylic acids is 2. The quantitative estimate of drug-likeness (QED) is 0.216. The minimum Gasteiger partial charge on any atom is -0.459 e. The number of carbonyl (C=O) groups is 2. The number of amides is 2. The topological polar surface area (TPSA) is 63.0 Å². The second-order valence-electron chi connectivity index (χ2n) is 9.49. The van der Waals surface area contributed by atoms with Crippen molar-refractivity contribution in [3.05, 3.63) is 119 Å². The third kappa shape index (κ3) is 3.83. The van der Waals surface area contributed by atoms with Crippen LogP contribution in [0.3, 0.4) is 0 Å². The normalized spacial score (nSPS) is 20.7. The Bertz CT molecular complexity index is 1750. The van der Waals surface area contributed by atoms with Crippen LogP contribution in [0.15, 0.2) is 108 Å². The first-order valence-electron chi connectivity index (χ1n) is 12.4. The van der Waals surface area contributed by atoms with Crippen LogP contribution in [0.4, 0.5) is 11.4 Å². The molecule has 0 unspecified atom stereocenters. The van der Waals surface area contributed by atoms with Gasteiger partial charge in [0.2, 0.25) is 5.91 Å². The van der Waals surface area contributed by atoms with Gasteiger partial charge in [-0.3, -0.25) is 14.4 Å². The number of nitrogens with zero attached hydrogens (tertiary/aromatic N) is 2. The fraction of sp³-hybridized carbons (Fsp3) is 0.0968. The van der Waals surface area contributed by atoms with E-state index in [1.54, 1.807) is 41.5 Å². The fourth-order valence-corrected chi connectivity index (χ4v) is 5.99. The predicted octanol–water partition coefficient (Wildman–Crippen LogP) is 7.46. The number of anilines is 2. The number of hydrogen-bond acceptors (Lipinski definition) is 5. The molecule has 39 heavy (non-hydrogen) atoms. The van der Waals surface area contributed by atoms with E-state index in [1.165, 1.54) is 4.90 Å². The van der Waals surface area contributed by atoms with Crippen molar-refractivity contribution in [1.29, 1.82) is 0 Å². The molecular weight excluding hydrogens is 535 g/mol. The molecule has 0 bridgehead atoms. The second-order valence-corrected chi connectivity index (χ2v) is 10.3. The maximum atomic E-state index is 14.1. The zero-order chi connectivity index (χ0) is 26.7. The first-order chi connectivity index (χ1) is 19.0. The van der Waals surface area contributed by atoms with Crippen LogP contribution in [0.25, 0.3) is 22.1 Å². The molecule has 192 valence electrons. The number of rotatable bonds is 4. The lowest BCUT2D eigenvalue weighted by Gasteiger charge is -2.27. The van der Waals surface area contributed by atoms with Gasteiger partial charge in [0.15, 0.2) is 6.10 Å². The molecule has 2 fully saturated rings. The molecule has 3 heterocycles. The minimum absolute atomic E-state index is 0.341. The molecule has 0 N–H and O–H groups in total. The van der Waals surface area contributed by atoms with Crippen molar-refractivity contribution in [3.63, 3.8) is 0 Å². The summed E-state index contributed by atoms with van der Waals surface area (Å²) in [6.45, 7) is 0. The Labute approximate surface area is 233 Å². The highest BCUT2D eigenvalue weighted by atomic mass is 35.5. The Kier molecular flexibility index (Phi) is 5.70. The van der Waals surface area contributed by atoms with E-state index in [-0.39, 0.29) is 5.91 Å². The Morgan fingerprint density at radius 1 is 0.744 bits per heavy atom. The van der Waals surface area contributed by atoms with E-state index in [4.69, 9.17) is 32.5 Å². The van der Waals surface area contributed by atoms with Crippen molar-refractivity contribution in [2.45, 2.75) is 12.1 Å². The van der Waals surface area contributed by atoms with Gasteiger partial charge in [-0.15, -0.1) is 0 Å². The summed E-state index contributed by atoms with van der Waals surface area (Å²) >= 11 is 12.5. The zero-order valence-corrected chi connectivity index (χ0v) is 21.8. The molecule has 2 amide bonds. The van der Waals surface area contributed by atoms with Crippen molar-refractivity contribution in [3.8, 4) is 11.3 Å². The average molecular weight is 555 g/mol. The van der Waals surface area contributed by atoms with Crippen molar-refractivity contribution < 1.29 is 18.8 Å². The van der Waals surface area contributed by atoms with E-state index in [2.05, 4.69) is 0 Å². The molecule has 3 atom stereocenters. The molecule has 0 spiro atoms. The lowest BCUT2D eigenvalue weighted by Crippen LogP contribution is -2.37. The lowest BCUT2D eigenvalue weighted by molar-refractivity contribution is -0.126. The fourth-order valence-electron chi connectivity index (χ4n) is 5.49. The zero-order valence-electron chi connectivity index (χ0n) is 20.3. The largest absolute Gasteiger partial charge is 0.459 e. The molecular formula is C31H20Cl2N2O4. The first kappa shape index (κ1) is 24.0. The number of imide groups is 1. The maximum absolute atomic E-state index is 14.1. The molecule has 4 aromatic carbocycles. The highest BCUT2D eigenvalue weighted by Gasteiger charge is 2.61. The number of benzene rings is 4. The van der Waals surface area contributed by atoms with Gasteiger partial charge < -0.3 is 4.42 Å². The monoisotopic (exact) mass is 554 g/mol. The van der Waals surface area contributed by atoms with Gasteiger partial charge in [-0.05, 0) is 53.9 Å². The van der Waals surface area contributed by atoms with Crippen LogP contribution in [-0.2, 0) is 14.4 Å². The van der Waals surface area contributed by atoms with Gasteiger partial charge in [0, 0.05) is 16.0 Å². The van der Waals surface area contributed by atoms with Crippen molar-refractivity contribution >= 4 is 57.2 Å². The molecule has 2 aliphatic heterocycles. The number of halogens is 2. The van der Waals surface area contributed by atoms with Gasteiger partial charge in [0.05, 0.1) is 16.4 Å². The molecule has 5 aromatic rings. The SMILES string of the molecule is O=C1[C@H]2[C@@H](c3ccc(-c4ccc(Cl)cc4Cl)o3)N(c3ccccc3)O[C@H]2C(=O)N1c1cccc2ccccc12. The Morgan fingerprint density at radius 2 is 1.51 bits per heavy atom. The summed E-state index contributed by atoms with van der Waals surface area (Å²) in [6.07, 6.45) is -1.01. The van der Waals surface area contributed by atoms with Crippen LogP contribution in [0.5, 0.6) is 0 Å². The molecule has 2 saturated heterocycles. The first-order valence-corrected chi connectivity index (χ1v) is 13.2. The van der Waals surface area contributed by atoms with Crippen molar-refractivity contribution in [2.75, 3.05) is 9.96 Å². The number of fused-ring (bicyclic) bond motifs is 2. The number of furan rings is 1. The van der Waals surface area contributed by atoms with Crippen LogP contribution in [0, 0.1) is 5.92 Å². The molecule has 0 radical (unpaired) electrons. The third-order valence-corrected chi connectivity index (χ3v) is 7.80. The highest BCUT2D eigenvalue weighted by molar-refractivity contribution is 6.36. The number of hydrogen-bond donors (Lipinski definition) is 0. The van der Waals surface area contributed by atoms with Crippen LogP contribution in [-0.4, -0.2) is 17.9 Å². The molecule has 7 rings (SSSR count). The summed E-state index contributed by atoms with van der Waals surface area (Å²) in [5.41, 5.74) is 1.91. The highest BCUT2D eigenvalue weighted by Crippen LogP contribution is 2.49. The smallest absolute Gasteiger partial charge is 0.266 e. The Hall–Kier alpha value is -4.10. The average Bonchev–Trinajstić information content (AvgIpc) is 3.64. The molecule has 1 aromatic heterocycles. The minimum atomic E-state index is -1.01. The Balaban J connectivity index is 1.33. The van der Waals surface area contributed by atoms with Gasteiger partial charge in [-0.1, -0.05) is 77.8 Å². The van der Waals surface area contributed by atoms with Crippen LogP contribution >= 0.6 is 23.2 Å². The molecule has 0 saturated carbocycles. The molecule has 8 heteroatoms. The second kappa shape index (κ2) is 9.27. The van der Waals surface area contributed by atoms with E-state index in [0.717, 1.165) is 10.8 Å². The van der Waals surface area contributed by atoms with Gasteiger partial charge in [-0.25, -0.2) is 9.96 Å². The van der Waals surface area contributed by atoms with E-state index >= 15 is 0 Å². The summed E-state index contributed by atoms with van der Waals surface area (Å²) < 4.78 is 6.30. The number of hydroxylamine groups is 1. The molecule has 6 nitrogen and oxygen atoms in total. The van der Waals surface area contributed by atoms with Gasteiger partial charge in [-0.2, -0.15) is 0 Å².